The van der Waals surface area contributed by atoms with Gasteiger partial charge in [0.25, 0.3) is 0 Å². The van der Waals surface area contributed by atoms with E-state index >= 15 is 0 Å². The lowest BCUT2D eigenvalue weighted by Gasteiger charge is -2.23. The molecule has 8 nitrogen and oxygen atoms in total. The van der Waals surface area contributed by atoms with Crippen LogP contribution >= 0.6 is 0 Å². The van der Waals surface area contributed by atoms with E-state index in [0.29, 0.717) is 18.8 Å². The summed E-state index contributed by atoms with van der Waals surface area (Å²) >= 11 is 0. The number of hydrogen-bond acceptors (Lipinski definition) is 6. The first kappa shape index (κ1) is 18.8. The zero-order chi connectivity index (χ0) is 19.8. The largest absolute Gasteiger partial charge is 0.490 e. The fourth-order valence-corrected chi connectivity index (χ4v) is 2.99. The van der Waals surface area contributed by atoms with E-state index in [4.69, 9.17) is 20.4 Å². The van der Waals surface area contributed by atoms with E-state index in [1.54, 1.807) is 10.9 Å². The highest BCUT2D eigenvalue weighted by Crippen LogP contribution is 2.35. The third-order valence-electron chi connectivity index (χ3n) is 4.20. The zero-order valence-electron chi connectivity index (χ0n) is 13.9. The molecule has 144 valence electrons. The van der Waals surface area contributed by atoms with Gasteiger partial charge in [-0.05, 0) is 24.5 Å². The summed E-state index contributed by atoms with van der Waals surface area (Å²) in [5.41, 5.74) is 10.3. The molecule has 11 heteroatoms. The van der Waals surface area contributed by atoms with E-state index in [1.807, 2.05) is 12.3 Å². The van der Waals surface area contributed by atoms with Crippen molar-refractivity contribution in [3.05, 3.63) is 35.3 Å². The van der Waals surface area contributed by atoms with Crippen molar-refractivity contribution in [2.24, 2.45) is 5.73 Å². The van der Waals surface area contributed by atoms with Crippen LogP contribution in [-0.2, 0) is 28.9 Å². The first-order chi connectivity index (χ1) is 12.7. The molecule has 1 unspecified atom stereocenters. The van der Waals surface area contributed by atoms with Gasteiger partial charge >= 0.3 is 18.1 Å². The Morgan fingerprint density at radius 1 is 1.41 bits per heavy atom. The minimum atomic E-state index is -5.08. The van der Waals surface area contributed by atoms with Crippen LogP contribution in [0, 0.1) is 0 Å². The van der Waals surface area contributed by atoms with Crippen LogP contribution in [0.2, 0.25) is 0 Å². The molecule has 0 bridgehead atoms. The number of halogens is 3. The molecule has 0 radical (unpaired) electrons. The van der Waals surface area contributed by atoms with Gasteiger partial charge < -0.3 is 15.6 Å². The number of carboxylic acids is 1. The number of esters is 1. The number of carbonyl (C=O) groups excluding carboxylic acids is 1. The van der Waals surface area contributed by atoms with E-state index in [9.17, 15) is 18.0 Å². The number of pyridine rings is 1. The highest BCUT2D eigenvalue weighted by molar-refractivity contribution is 5.93. The van der Waals surface area contributed by atoms with Gasteiger partial charge in [-0.3, -0.25) is 9.67 Å². The number of nitrogens with two attached hydrogens (primary N) is 1. The highest BCUT2D eigenvalue weighted by atomic mass is 19.4. The number of aliphatic carboxylic acids is 1. The van der Waals surface area contributed by atoms with Gasteiger partial charge in [-0.2, -0.15) is 18.3 Å². The van der Waals surface area contributed by atoms with Crippen LogP contribution in [0.15, 0.2) is 18.5 Å². The summed E-state index contributed by atoms with van der Waals surface area (Å²) in [7, 11) is 0. The number of carboxylic acid groups (broad SMARTS) is 1. The maximum absolute atomic E-state index is 12.1. The molecule has 0 saturated carbocycles. The van der Waals surface area contributed by atoms with Crippen molar-refractivity contribution in [2.45, 2.75) is 31.7 Å². The van der Waals surface area contributed by atoms with Crippen molar-refractivity contribution in [1.29, 1.82) is 0 Å². The number of carbonyl (C=O) groups is 2. The van der Waals surface area contributed by atoms with E-state index in [1.165, 1.54) is 5.56 Å². The normalized spacial score (nSPS) is 17.6. The number of hydrogen-bond donors (Lipinski definition) is 2. The second-order valence-electron chi connectivity index (χ2n) is 5.96. The minimum absolute atomic E-state index is 0.284. The third-order valence-corrected chi connectivity index (χ3v) is 4.20. The Labute approximate surface area is 150 Å². The molecule has 27 heavy (non-hydrogen) atoms. The van der Waals surface area contributed by atoms with Gasteiger partial charge in [-0.1, -0.05) is 0 Å². The van der Waals surface area contributed by atoms with Crippen molar-refractivity contribution in [3.8, 4) is 11.3 Å². The van der Waals surface area contributed by atoms with Crippen LogP contribution in [0.25, 0.3) is 11.3 Å². The Kier molecular flexibility index (Phi) is 4.87. The van der Waals surface area contributed by atoms with E-state index < -0.39 is 12.1 Å². The van der Waals surface area contributed by atoms with Gasteiger partial charge in [-0.25, -0.2) is 9.59 Å². The average molecular weight is 384 g/mol. The second-order valence-corrected chi connectivity index (χ2v) is 5.96. The Morgan fingerprint density at radius 2 is 2.11 bits per heavy atom. The van der Waals surface area contributed by atoms with Gasteiger partial charge in [-0.15, -0.1) is 0 Å². The predicted octanol–water partition coefficient (Wildman–Crippen LogP) is 1.17. The lowest BCUT2D eigenvalue weighted by Crippen LogP contribution is -2.37. The molecule has 3 N–H and O–H groups in total. The molecule has 2 aromatic rings. The van der Waals surface area contributed by atoms with Crippen molar-refractivity contribution in [3.63, 3.8) is 0 Å². The number of cyclic esters (lactones) is 1. The number of alkyl halides is 3. The second kappa shape index (κ2) is 6.99. The Hall–Kier alpha value is -2.95. The molecule has 3 heterocycles. The quantitative estimate of drug-likeness (QED) is 0.708. The molecule has 0 saturated heterocycles. The monoisotopic (exact) mass is 384 g/mol. The standard InChI is InChI=1S/C14H14N4O2.C2HF3O2/c15-5-9-7-18-13(14(19)20-9)11-2-1-8-6-16-4-3-10(8)12(11)17-18;3-2(4,5)1(6)7/h3-4,6,9H,1-2,5,7,15H2;(H,6,7). The summed E-state index contributed by atoms with van der Waals surface area (Å²) < 4.78 is 38.8. The number of ether oxygens (including phenoxy) is 1. The highest BCUT2D eigenvalue weighted by Gasteiger charge is 2.38. The lowest BCUT2D eigenvalue weighted by molar-refractivity contribution is -0.192. The van der Waals surface area contributed by atoms with Crippen LogP contribution in [0.3, 0.4) is 0 Å². The first-order valence-electron chi connectivity index (χ1n) is 7.96. The average Bonchev–Trinajstić information content (AvgIpc) is 3.00. The maximum Gasteiger partial charge on any atom is 0.490 e. The van der Waals surface area contributed by atoms with Gasteiger partial charge in [0, 0.05) is 30.1 Å². The Morgan fingerprint density at radius 3 is 2.74 bits per heavy atom. The predicted molar refractivity (Wildman–Crippen MR) is 84.8 cm³/mol. The van der Waals surface area contributed by atoms with Crippen LogP contribution in [0.4, 0.5) is 13.2 Å². The van der Waals surface area contributed by atoms with E-state index in [-0.39, 0.29) is 12.1 Å². The van der Waals surface area contributed by atoms with Crippen LogP contribution < -0.4 is 5.73 Å². The molecular formula is C16H15F3N4O4. The molecular weight excluding hydrogens is 369 g/mol. The van der Waals surface area contributed by atoms with Crippen molar-refractivity contribution < 1.29 is 32.6 Å². The molecule has 1 aliphatic heterocycles. The fraction of sp³-hybridized carbons (Fsp3) is 0.375. The Bertz CT molecular complexity index is 894. The summed E-state index contributed by atoms with van der Waals surface area (Å²) in [5, 5.41) is 11.7. The minimum Gasteiger partial charge on any atom is -0.475 e. The SMILES string of the molecule is NCC1Cn2nc3c(c2C(=O)O1)CCc1cnccc1-3.O=C(O)C(F)(F)F. The molecule has 0 spiro atoms. The number of fused-ring (bicyclic) bond motifs is 5. The summed E-state index contributed by atoms with van der Waals surface area (Å²) in [6.45, 7) is 0.848. The molecule has 2 aromatic heterocycles. The van der Waals surface area contributed by atoms with Crippen molar-refractivity contribution in [2.75, 3.05) is 6.54 Å². The molecule has 1 aliphatic carbocycles. The summed E-state index contributed by atoms with van der Waals surface area (Å²) in [4.78, 5) is 25.2. The first-order valence-corrected chi connectivity index (χ1v) is 7.96. The van der Waals surface area contributed by atoms with E-state index in [2.05, 4.69) is 10.1 Å². The van der Waals surface area contributed by atoms with Gasteiger partial charge in [0.2, 0.25) is 0 Å². The zero-order valence-corrected chi connectivity index (χ0v) is 13.9. The van der Waals surface area contributed by atoms with Gasteiger partial charge in [0.1, 0.15) is 11.8 Å². The number of aryl methyl sites for hydroxylation is 1. The number of aromatic nitrogens is 3. The lowest BCUT2D eigenvalue weighted by atomic mass is 9.90. The maximum atomic E-state index is 12.1. The smallest absolute Gasteiger partial charge is 0.475 e. The van der Waals surface area contributed by atoms with Crippen molar-refractivity contribution >= 4 is 11.9 Å². The molecule has 0 fully saturated rings. The fourth-order valence-electron chi connectivity index (χ4n) is 2.99. The van der Waals surface area contributed by atoms with Crippen LogP contribution in [0.1, 0.15) is 21.6 Å². The molecule has 2 aliphatic rings. The molecule has 0 aromatic carbocycles. The molecule has 1 atom stereocenters. The third kappa shape index (κ3) is 3.63. The van der Waals surface area contributed by atoms with Crippen molar-refractivity contribution in [1.82, 2.24) is 14.8 Å². The van der Waals surface area contributed by atoms with Gasteiger partial charge in [0.15, 0.2) is 0 Å². The molecule has 0 amide bonds. The summed E-state index contributed by atoms with van der Waals surface area (Å²) in [6, 6.07) is 1.96. The molecule has 4 rings (SSSR count). The Balaban J connectivity index is 0.000000260. The van der Waals surface area contributed by atoms with E-state index in [0.717, 1.165) is 29.7 Å². The number of nitrogens with zero attached hydrogens (tertiary/aromatic N) is 3. The van der Waals surface area contributed by atoms with Crippen LogP contribution in [0.5, 0.6) is 0 Å². The topological polar surface area (TPSA) is 120 Å². The van der Waals surface area contributed by atoms with Crippen LogP contribution in [-0.4, -0.2) is 50.6 Å². The summed E-state index contributed by atoms with van der Waals surface area (Å²) in [6.07, 6.45) is -0.0627. The van der Waals surface area contributed by atoms with Gasteiger partial charge in [0.05, 0.1) is 12.2 Å². The summed E-state index contributed by atoms with van der Waals surface area (Å²) in [5.74, 6) is -3.06. The number of rotatable bonds is 1.